The van der Waals surface area contributed by atoms with Gasteiger partial charge in [0.25, 0.3) is 0 Å². The molecule has 2 aliphatic heterocycles. The third-order valence-corrected chi connectivity index (χ3v) is 9.72. The molecule has 1 atom stereocenters. The lowest BCUT2D eigenvalue weighted by molar-refractivity contribution is -0.124. The Balaban J connectivity index is 1.29. The molecule has 2 saturated heterocycles. The predicted octanol–water partition coefficient (Wildman–Crippen LogP) is 5.35. The molecule has 42 heavy (non-hydrogen) atoms. The molecule has 9 heteroatoms. The lowest BCUT2D eigenvalue weighted by Gasteiger charge is -2.33. The Morgan fingerprint density at radius 1 is 0.857 bits per heavy atom. The highest BCUT2D eigenvalue weighted by molar-refractivity contribution is 7.26. The van der Waals surface area contributed by atoms with Crippen LogP contribution in [-0.2, 0) is 14.3 Å². The number of hydrogen-bond acceptors (Lipinski definition) is 8. The average molecular weight is 584 g/mol. The van der Waals surface area contributed by atoms with Gasteiger partial charge in [-0.2, -0.15) is 0 Å². The topological polar surface area (TPSA) is 75.5 Å². The van der Waals surface area contributed by atoms with Crippen molar-refractivity contribution in [2.24, 2.45) is 0 Å². The highest BCUT2D eigenvalue weighted by Gasteiger charge is 2.27. The molecule has 0 saturated carbocycles. The number of carbonyl (C=O) groups is 1. The van der Waals surface area contributed by atoms with Gasteiger partial charge in [0.1, 0.15) is 5.58 Å². The molecule has 0 unspecified atom stereocenters. The summed E-state index contributed by atoms with van der Waals surface area (Å²) in [5.41, 5.74) is 3.33. The van der Waals surface area contributed by atoms with Crippen LogP contribution in [-0.4, -0.2) is 76.5 Å². The fourth-order valence-corrected chi connectivity index (χ4v) is 7.26. The van der Waals surface area contributed by atoms with Gasteiger partial charge in [-0.3, -0.25) is 14.5 Å². The molecule has 2 aliphatic rings. The van der Waals surface area contributed by atoms with Crippen molar-refractivity contribution in [2.45, 2.75) is 13.0 Å². The van der Waals surface area contributed by atoms with Gasteiger partial charge in [0, 0.05) is 76.3 Å². The average Bonchev–Trinajstić information content (AvgIpc) is 3.42. The van der Waals surface area contributed by atoms with Crippen LogP contribution in [0.4, 0.5) is 11.6 Å². The number of fused-ring (bicyclic) bond motifs is 4. The molecular formula is C33H33N3O5S. The van der Waals surface area contributed by atoms with Crippen LogP contribution in [0.1, 0.15) is 6.92 Å². The number of thiophene rings is 1. The summed E-state index contributed by atoms with van der Waals surface area (Å²) in [7, 11) is 1.85. The zero-order chi connectivity index (χ0) is 28.8. The molecule has 0 bridgehead atoms. The van der Waals surface area contributed by atoms with Crippen LogP contribution < -0.4 is 15.2 Å². The highest BCUT2D eigenvalue weighted by Crippen LogP contribution is 2.43. The van der Waals surface area contributed by atoms with Gasteiger partial charge < -0.3 is 23.7 Å². The summed E-state index contributed by atoms with van der Waals surface area (Å²) in [6, 6.07) is 19.7. The Kier molecular flexibility index (Phi) is 7.19. The molecular weight excluding hydrogens is 550 g/mol. The molecule has 2 aromatic heterocycles. The largest absolute Gasteiger partial charge is 0.440 e. The first-order chi connectivity index (χ1) is 20.5. The van der Waals surface area contributed by atoms with Gasteiger partial charge in [-0.1, -0.05) is 30.3 Å². The van der Waals surface area contributed by atoms with E-state index in [0.717, 1.165) is 50.1 Å². The van der Waals surface area contributed by atoms with E-state index in [1.165, 1.54) is 0 Å². The molecule has 1 amide bonds. The van der Waals surface area contributed by atoms with Crippen LogP contribution >= 0.6 is 11.3 Å². The van der Waals surface area contributed by atoms with Crippen molar-refractivity contribution in [3.63, 3.8) is 0 Å². The maximum Gasteiger partial charge on any atom is 0.243 e. The van der Waals surface area contributed by atoms with E-state index < -0.39 is 0 Å². The molecule has 0 radical (unpaired) electrons. The summed E-state index contributed by atoms with van der Waals surface area (Å²) < 4.78 is 19.7. The van der Waals surface area contributed by atoms with Crippen LogP contribution in [0.25, 0.3) is 42.3 Å². The SMILES string of the molecule is C[C@@H](C(=O)N(C)c1ccc2sc3c(-c4cccc5c(=O)cc(N6CCOCC6)oc45)cccc3c2c1)N1CCOCC1. The third-order valence-electron chi connectivity index (χ3n) is 8.50. The second-order valence-electron chi connectivity index (χ2n) is 10.9. The number of ether oxygens (including phenoxy) is 2. The van der Waals surface area contributed by atoms with E-state index in [1.807, 2.05) is 38.2 Å². The molecule has 216 valence electrons. The molecule has 4 heterocycles. The summed E-state index contributed by atoms with van der Waals surface area (Å²) in [5.74, 6) is 0.647. The predicted molar refractivity (Wildman–Crippen MR) is 169 cm³/mol. The monoisotopic (exact) mass is 583 g/mol. The van der Waals surface area contributed by atoms with Gasteiger partial charge >= 0.3 is 0 Å². The van der Waals surface area contributed by atoms with Crippen molar-refractivity contribution in [1.29, 1.82) is 0 Å². The normalized spacial score (nSPS) is 17.2. The van der Waals surface area contributed by atoms with E-state index in [2.05, 4.69) is 40.1 Å². The Morgan fingerprint density at radius 2 is 1.55 bits per heavy atom. The standard InChI is InChI=1S/C33H33N3O5S/c1-21(35-11-15-39-16-12-35)33(38)34(2)22-9-10-29-27(19-22)25-7-4-6-24(32(25)42-29)23-5-3-8-26-28(37)20-30(41-31(23)26)36-13-17-40-18-14-36/h3-10,19-21H,11-18H2,1-2H3/t21-/m0/s1. The van der Waals surface area contributed by atoms with Gasteiger partial charge in [0.15, 0.2) is 11.3 Å². The summed E-state index contributed by atoms with van der Waals surface area (Å²) in [5, 5.41) is 2.78. The van der Waals surface area contributed by atoms with Crippen molar-refractivity contribution in [3.05, 3.63) is 70.9 Å². The van der Waals surface area contributed by atoms with Crippen LogP contribution in [0, 0.1) is 0 Å². The minimum Gasteiger partial charge on any atom is -0.440 e. The molecule has 8 nitrogen and oxygen atoms in total. The van der Waals surface area contributed by atoms with Crippen molar-refractivity contribution in [1.82, 2.24) is 4.90 Å². The summed E-state index contributed by atoms with van der Waals surface area (Å²) in [6.07, 6.45) is 0. The van der Waals surface area contributed by atoms with E-state index in [4.69, 9.17) is 13.9 Å². The number of hydrogen-bond donors (Lipinski definition) is 0. The van der Waals surface area contributed by atoms with E-state index >= 15 is 0 Å². The molecule has 0 spiro atoms. The Hall–Kier alpha value is -3.76. The maximum absolute atomic E-state index is 13.4. The number of nitrogens with zero attached hydrogens (tertiary/aromatic N) is 3. The number of para-hydroxylation sites is 1. The molecule has 0 N–H and O–H groups in total. The summed E-state index contributed by atoms with van der Waals surface area (Å²) in [4.78, 5) is 32.6. The summed E-state index contributed by atoms with van der Waals surface area (Å²) in [6.45, 7) is 7.41. The Bertz CT molecular complexity index is 1850. The van der Waals surface area contributed by atoms with E-state index in [0.29, 0.717) is 56.4 Å². The van der Waals surface area contributed by atoms with Crippen molar-refractivity contribution < 1.29 is 18.7 Å². The van der Waals surface area contributed by atoms with Crippen molar-refractivity contribution in [2.75, 3.05) is 69.5 Å². The Morgan fingerprint density at radius 3 is 2.31 bits per heavy atom. The van der Waals surface area contributed by atoms with Crippen LogP contribution in [0.2, 0.25) is 0 Å². The summed E-state index contributed by atoms with van der Waals surface area (Å²) >= 11 is 1.71. The number of rotatable bonds is 5. The van der Waals surface area contributed by atoms with Crippen molar-refractivity contribution >= 4 is 60.0 Å². The molecule has 5 aromatic rings. The van der Waals surface area contributed by atoms with E-state index in [1.54, 1.807) is 22.3 Å². The zero-order valence-electron chi connectivity index (χ0n) is 23.8. The highest BCUT2D eigenvalue weighted by atomic mass is 32.1. The minimum absolute atomic E-state index is 0.0493. The molecule has 3 aromatic carbocycles. The van der Waals surface area contributed by atoms with E-state index in [9.17, 15) is 9.59 Å². The number of anilines is 2. The van der Waals surface area contributed by atoms with E-state index in [-0.39, 0.29) is 17.4 Å². The first-order valence-corrected chi connectivity index (χ1v) is 15.3. The fraction of sp³-hybridized carbons (Fsp3) is 0.333. The molecule has 2 fully saturated rings. The molecule has 7 rings (SSSR count). The number of benzene rings is 3. The van der Waals surface area contributed by atoms with Crippen LogP contribution in [0.15, 0.2) is 69.9 Å². The van der Waals surface area contributed by atoms with Gasteiger partial charge in [-0.05, 0) is 31.2 Å². The van der Waals surface area contributed by atoms with Crippen molar-refractivity contribution in [3.8, 4) is 11.1 Å². The maximum atomic E-state index is 13.4. The number of carbonyl (C=O) groups excluding carboxylic acids is 1. The second-order valence-corrected chi connectivity index (χ2v) is 12.0. The van der Waals surface area contributed by atoms with Gasteiger partial charge in [0.2, 0.25) is 5.91 Å². The first kappa shape index (κ1) is 27.1. The lowest BCUT2D eigenvalue weighted by atomic mass is 10.0. The number of morpholine rings is 2. The first-order valence-electron chi connectivity index (χ1n) is 14.4. The smallest absolute Gasteiger partial charge is 0.243 e. The zero-order valence-corrected chi connectivity index (χ0v) is 24.6. The minimum atomic E-state index is -0.219. The van der Waals surface area contributed by atoms with Crippen LogP contribution in [0.5, 0.6) is 0 Å². The number of likely N-dealkylation sites (N-methyl/N-ethyl adjacent to an activating group) is 1. The number of amides is 1. The fourth-order valence-electron chi connectivity index (χ4n) is 6.05. The second kappa shape index (κ2) is 11.1. The third kappa shape index (κ3) is 4.76. The molecule has 0 aliphatic carbocycles. The van der Waals surface area contributed by atoms with Gasteiger partial charge in [0.05, 0.1) is 37.9 Å². The van der Waals surface area contributed by atoms with Crippen LogP contribution in [0.3, 0.4) is 0 Å². The van der Waals surface area contributed by atoms with Gasteiger partial charge in [-0.15, -0.1) is 11.3 Å². The Labute approximate surface area is 247 Å². The lowest BCUT2D eigenvalue weighted by Crippen LogP contribution is -2.50. The van der Waals surface area contributed by atoms with Gasteiger partial charge in [-0.25, -0.2) is 0 Å². The quantitative estimate of drug-likeness (QED) is 0.276.